The fraction of sp³-hybridized carbons (Fsp3) is 0.214. The van der Waals surface area contributed by atoms with Gasteiger partial charge in [-0.3, -0.25) is 0 Å². The first-order chi connectivity index (χ1) is 8.15. The van der Waals surface area contributed by atoms with Crippen molar-refractivity contribution < 1.29 is 15.0 Å². The van der Waals surface area contributed by atoms with Gasteiger partial charge in [-0.2, -0.15) is 0 Å². The molecule has 0 aromatic heterocycles. The lowest BCUT2D eigenvalue weighted by Gasteiger charge is -2.15. The molecular formula is C14H14O3. The summed E-state index contributed by atoms with van der Waals surface area (Å²) in [5.41, 5.74) is 0.975. The first-order valence-corrected chi connectivity index (χ1v) is 5.51. The van der Waals surface area contributed by atoms with Crippen molar-refractivity contribution in [2.75, 3.05) is 6.61 Å². The van der Waals surface area contributed by atoms with E-state index in [-0.39, 0.29) is 18.1 Å². The second-order valence-electron chi connectivity index (χ2n) is 4.14. The van der Waals surface area contributed by atoms with E-state index in [1.54, 1.807) is 12.1 Å². The zero-order valence-electron chi connectivity index (χ0n) is 9.55. The summed E-state index contributed by atoms with van der Waals surface area (Å²) in [4.78, 5) is 11.2. The van der Waals surface area contributed by atoms with Gasteiger partial charge in [-0.25, -0.2) is 4.79 Å². The van der Waals surface area contributed by atoms with Crippen LogP contribution in [0.1, 0.15) is 28.8 Å². The third-order valence-corrected chi connectivity index (χ3v) is 2.97. The largest absolute Gasteiger partial charge is 0.478 e. The fourth-order valence-corrected chi connectivity index (χ4v) is 2.10. The molecule has 0 heterocycles. The van der Waals surface area contributed by atoms with Crippen molar-refractivity contribution in [2.24, 2.45) is 0 Å². The van der Waals surface area contributed by atoms with Gasteiger partial charge in [-0.05, 0) is 22.4 Å². The number of benzene rings is 2. The minimum absolute atomic E-state index is 0.0612. The third-order valence-electron chi connectivity index (χ3n) is 2.97. The number of aliphatic hydroxyl groups is 1. The van der Waals surface area contributed by atoms with E-state index in [0.717, 1.165) is 10.8 Å². The topological polar surface area (TPSA) is 57.5 Å². The SMILES string of the molecule is CC(CO)c1c(C(=O)O)ccc2ccccc12. The van der Waals surface area contributed by atoms with Crippen LogP contribution in [0.3, 0.4) is 0 Å². The molecule has 1 atom stereocenters. The van der Waals surface area contributed by atoms with Gasteiger partial charge in [0.05, 0.1) is 5.56 Å². The normalized spacial score (nSPS) is 12.6. The molecule has 0 aliphatic carbocycles. The van der Waals surface area contributed by atoms with Crippen molar-refractivity contribution in [3.8, 4) is 0 Å². The van der Waals surface area contributed by atoms with Crippen molar-refractivity contribution in [3.05, 3.63) is 47.5 Å². The molecule has 0 bridgehead atoms. The van der Waals surface area contributed by atoms with E-state index < -0.39 is 5.97 Å². The molecule has 0 fully saturated rings. The smallest absolute Gasteiger partial charge is 0.335 e. The number of carboxylic acid groups (broad SMARTS) is 1. The Balaban J connectivity index is 2.79. The minimum atomic E-state index is -0.953. The summed E-state index contributed by atoms with van der Waals surface area (Å²) >= 11 is 0. The number of hydrogen-bond acceptors (Lipinski definition) is 2. The predicted molar refractivity (Wildman–Crippen MR) is 66.4 cm³/mol. The van der Waals surface area contributed by atoms with E-state index in [0.29, 0.717) is 5.56 Å². The van der Waals surface area contributed by atoms with Crippen LogP contribution in [-0.4, -0.2) is 22.8 Å². The fourth-order valence-electron chi connectivity index (χ4n) is 2.10. The van der Waals surface area contributed by atoms with E-state index in [2.05, 4.69) is 0 Å². The van der Waals surface area contributed by atoms with Crippen LogP contribution in [-0.2, 0) is 0 Å². The summed E-state index contributed by atoms with van der Waals surface area (Å²) in [6.45, 7) is 1.77. The molecule has 0 amide bonds. The van der Waals surface area contributed by atoms with Crippen molar-refractivity contribution >= 4 is 16.7 Å². The van der Waals surface area contributed by atoms with Gasteiger partial charge in [0.1, 0.15) is 0 Å². The Kier molecular flexibility index (Phi) is 3.11. The second-order valence-corrected chi connectivity index (χ2v) is 4.14. The summed E-state index contributed by atoms with van der Waals surface area (Å²) in [7, 11) is 0. The summed E-state index contributed by atoms with van der Waals surface area (Å²) in [5, 5.41) is 20.3. The molecule has 0 aliphatic rings. The zero-order chi connectivity index (χ0) is 12.4. The van der Waals surface area contributed by atoms with Crippen LogP contribution < -0.4 is 0 Å². The molecule has 0 radical (unpaired) electrons. The molecule has 1 unspecified atom stereocenters. The highest BCUT2D eigenvalue weighted by Crippen LogP contribution is 2.29. The van der Waals surface area contributed by atoms with Gasteiger partial charge < -0.3 is 10.2 Å². The molecule has 2 N–H and O–H groups in total. The quantitative estimate of drug-likeness (QED) is 0.852. The Hall–Kier alpha value is -1.87. The van der Waals surface area contributed by atoms with Gasteiger partial charge in [-0.1, -0.05) is 37.3 Å². The number of carboxylic acids is 1. The Morgan fingerprint density at radius 3 is 2.59 bits per heavy atom. The van der Waals surface area contributed by atoms with Crippen molar-refractivity contribution in [2.45, 2.75) is 12.8 Å². The lowest BCUT2D eigenvalue weighted by Crippen LogP contribution is -2.08. The van der Waals surface area contributed by atoms with Crippen LogP contribution >= 0.6 is 0 Å². The third kappa shape index (κ3) is 2.01. The molecule has 2 aromatic rings. The summed E-state index contributed by atoms with van der Waals surface area (Å²) in [6, 6.07) is 11.0. The number of fused-ring (bicyclic) bond motifs is 1. The Morgan fingerprint density at radius 2 is 1.94 bits per heavy atom. The van der Waals surface area contributed by atoms with Crippen LogP contribution in [0.2, 0.25) is 0 Å². The highest BCUT2D eigenvalue weighted by Gasteiger charge is 2.17. The average molecular weight is 230 g/mol. The van der Waals surface area contributed by atoms with E-state index >= 15 is 0 Å². The van der Waals surface area contributed by atoms with Crippen LogP contribution in [0.15, 0.2) is 36.4 Å². The van der Waals surface area contributed by atoms with Gasteiger partial charge in [0.2, 0.25) is 0 Å². The summed E-state index contributed by atoms with van der Waals surface area (Å²) in [6.07, 6.45) is 0. The highest BCUT2D eigenvalue weighted by atomic mass is 16.4. The molecule has 2 aromatic carbocycles. The van der Waals surface area contributed by atoms with Gasteiger partial charge in [0, 0.05) is 12.5 Å². The molecule has 0 spiro atoms. The van der Waals surface area contributed by atoms with Crippen LogP contribution in [0.25, 0.3) is 10.8 Å². The first kappa shape index (κ1) is 11.6. The van der Waals surface area contributed by atoms with E-state index in [9.17, 15) is 15.0 Å². The predicted octanol–water partition coefficient (Wildman–Crippen LogP) is 2.63. The van der Waals surface area contributed by atoms with Gasteiger partial charge in [0.15, 0.2) is 0 Å². The molecule has 0 aliphatic heterocycles. The van der Waals surface area contributed by atoms with E-state index in [1.165, 1.54) is 0 Å². The number of rotatable bonds is 3. The second kappa shape index (κ2) is 4.55. The number of aromatic carboxylic acids is 1. The standard InChI is InChI=1S/C14H14O3/c1-9(8-15)13-11-5-3-2-4-10(11)6-7-12(13)14(16)17/h2-7,9,15H,8H2,1H3,(H,16,17). The lowest BCUT2D eigenvalue weighted by molar-refractivity contribution is 0.0695. The van der Waals surface area contributed by atoms with Crippen molar-refractivity contribution in [1.29, 1.82) is 0 Å². The summed E-state index contributed by atoms with van der Waals surface area (Å²) in [5.74, 6) is -1.14. The van der Waals surface area contributed by atoms with Gasteiger partial charge in [-0.15, -0.1) is 0 Å². The Bertz CT molecular complexity index is 560. The zero-order valence-corrected chi connectivity index (χ0v) is 9.55. The molecule has 3 nitrogen and oxygen atoms in total. The van der Waals surface area contributed by atoms with E-state index in [4.69, 9.17) is 0 Å². The van der Waals surface area contributed by atoms with Crippen molar-refractivity contribution in [1.82, 2.24) is 0 Å². The molecule has 88 valence electrons. The number of carbonyl (C=O) groups is 1. The summed E-state index contributed by atoms with van der Waals surface area (Å²) < 4.78 is 0. The van der Waals surface area contributed by atoms with Gasteiger partial charge >= 0.3 is 5.97 Å². The van der Waals surface area contributed by atoms with Gasteiger partial charge in [0.25, 0.3) is 0 Å². The Labute approximate surface area is 99.3 Å². The molecule has 2 rings (SSSR count). The maximum Gasteiger partial charge on any atom is 0.335 e. The molecule has 0 saturated carbocycles. The number of aliphatic hydroxyl groups excluding tert-OH is 1. The monoisotopic (exact) mass is 230 g/mol. The van der Waals surface area contributed by atoms with Crippen molar-refractivity contribution in [3.63, 3.8) is 0 Å². The maximum absolute atomic E-state index is 11.2. The van der Waals surface area contributed by atoms with Crippen LogP contribution in [0.5, 0.6) is 0 Å². The lowest BCUT2D eigenvalue weighted by atomic mass is 9.90. The Morgan fingerprint density at radius 1 is 1.24 bits per heavy atom. The minimum Gasteiger partial charge on any atom is -0.478 e. The molecule has 17 heavy (non-hydrogen) atoms. The molecular weight excluding hydrogens is 216 g/mol. The number of hydrogen-bond donors (Lipinski definition) is 2. The van der Waals surface area contributed by atoms with E-state index in [1.807, 2.05) is 31.2 Å². The maximum atomic E-state index is 11.2. The average Bonchev–Trinajstić information content (AvgIpc) is 2.36. The first-order valence-electron chi connectivity index (χ1n) is 5.51. The van der Waals surface area contributed by atoms with Crippen LogP contribution in [0, 0.1) is 0 Å². The highest BCUT2D eigenvalue weighted by molar-refractivity contribution is 5.98. The molecule has 3 heteroatoms. The van der Waals surface area contributed by atoms with Crippen LogP contribution in [0.4, 0.5) is 0 Å². The molecule has 0 saturated heterocycles.